The van der Waals surface area contributed by atoms with Crippen molar-refractivity contribution in [2.24, 2.45) is 0 Å². The minimum absolute atomic E-state index is 0.0119. The molecule has 1 N–H and O–H groups in total. The van der Waals surface area contributed by atoms with Gasteiger partial charge in [0.05, 0.1) is 12.6 Å². The van der Waals surface area contributed by atoms with Crippen LogP contribution in [0.25, 0.3) is 11.4 Å². The number of nitrogens with zero attached hydrogens (tertiary/aromatic N) is 3. The van der Waals surface area contributed by atoms with Crippen molar-refractivity contribution < 1.29 is 36.4 Å². The fourth-order valence-electron chi connectivity index (χ4n) is 3.45. The summed E-state index contributed by atoms with van der Waals surface area (Å²) in [5, 5.41) is 5.76. The molecule has 0 radical (unpaired) electrons. The third-order valence-electron chi connectivity index (χ3n) is 5.30. The Bertz CT molecular complexity index is 1240. The molecule has 2 aromatic carbocycles. The number of fused-ring (bicyclic) bond motifs is 1. The summed E-state index contributed by atoms with van der Waals surface area (Å²) < 4.78 is 63.1. The first-order chi connectivity index (χ1) is 16.1. The minimum atomic E-state index is -4.83. The van der Waals surface area contributed by atoms with E-state index in [0.29, 0.717) is 11.1 Å². The lowest BCUT2D eigenvalue weighted by atomic mass is 10.1. The Hall–Kier alpha value is -3.96. The molecule has 0 spiro atoms. The van der Waals surface area contributed by atoms with Crippen LogP contribution in [-0.2, 0) is 12.7 Å². The number of hydrogen-bond acceptors (Lipinski definition) is 6. The van der Waals surface area contributed by atoms with Gasteiger partial charge in [0.25, 0.3) is 11.8 Å². The van der Waals surface area contributed by atoms with Gasteiger partial charge < -0.3 is 19.5 Å². The number of amides is 2. The molecule has 34 heavy (non-hydrogen) atoms. The Labute approximate surface area is 190 Å². The Morgan fingerprint density at radius 1 is 1.15 bits per heavy atom. The smallest absolute Gasteiger partial charge is 0.471 e. The van der Waals surface area contributed by atoms with Crippen LogP contribution in [0.2, 0.25) is 0 Å². The number of hydrogen-bond donors (Lipinski definition) is 1. The molecule has 4 rings (SSSR count). The first-order valence-electron chi connectivity index (χ1n) is 10.1. The number of benzene rings is 2. The highest BCUT2D eigenvalue weighted by molar-refractivity contribution is 5.97. The lowest BCUT2D eigenvalue weighted by molar-refractivity contribution is -0.159. The molecular weight excluding hydrogens is 460 g/mol. The summed E-state index contributed by atoms with van der Waals surface area (Å²) in [5.41, 5.74) is 0.674. The maximum atomic E-state index is 15.0. The monoisotopic (exact) mass is 478 g/mol. The van der Waals surface area contributed by atoms with Crippen LogP contribution in [0, 0.1) is 5.82 Å². The van der Waals surface area contributed by atoms with Crippen LogP contribution in [0.3, 0.4) is 0 Å². The van der Waals surface area contributed by atoms with Crippen molar-refractivity contribution in [3.63, 3.8) is 0 Å². The van der Waals surface area contributed by atoms with E-state index in [2.05, 4.69) is 20.0 Å². The molecule has 1 aliphatic rings. The second-order valence-corrected chi connectivity index (χ2v) is 7.61. The number of aromatic nitrogens is 2. The topological polar surface area (TPSA) is 97.6 Å². The van der Waals surface area contributed by atoms with Gasteiger partial charge in [-0.3, -0.25) is 9.59 Å². The van der Waals surface area contributed by atoms with Gasteiger partial charge in [0.15, 0.2) is 0 Å². The van der Waals surface area contributed by atoms with Crippen LogP contribution in [0.5, 0.6) is 5.75 Å². The third-order valence-corrected chi connectivity index (χ3v) is 5.30. The van der Waals surface area contributed by atoms with Gasteiger partial charge in [0, 0.05) is 29.3 Å². The van der Waals surface area contributed by atoms with Crippen LogP contribution in [0.1, 0.15) is 39.1 Å². The molecule has 0 aliphatic carbocycles. The number of rotatable bonds is 3. The molecule has 0 saturated carbocycles. The van der Waals surface area contributed by atoms with Gasteiger partial charge in [-0.1, -0.05) is 5.16 Å². The highest BCUT2D eigenvalue weighted by atomic mass is 19.4. The van der Waals surface area contributed by atoms with Gasteiger partial charge in [-0.2, -0.15) is 18.2 Å². The second-order valence-electron chi connectivity index (χ2n) is 7.61. The lowest BCUT2D eigenvalue weighted by Crippen LogP contribution is -2.40. The van der Waals surface area contributed by atoms with E-state index in [-0.39, 0.29) is 35.9 Å². The van der Waals surface area contributed by atoms with Crippen LogP contribution < -0.4 is 10.1 Å². The number of halogens is 4. The normalized spacial score (nSPS) is 15.8. The summed E-state index contributed by atoms with van der Waals surface area (Å²) in [6.45, 7) is 1.59. The molecule has 3 aromatic rings. The Kier molecular flexibility index (Phi) is 5.98. The molecular formula is C22H18F4N4O4. The molecule has 0 unspecified atom stereocenters. The van der Waals surface area contributed by atoms with Crippen LogP contribution >= 0.6 is 0 Å². The van der Waals surface area contributed by atoms with E-state index in [1.54, 1.807) is 6.92 Å². The number of alkyl halides is 3. The SMILES string of the molecule is CNC(=O)c1ccc(C(=O)N2Cc3c(F)cc(-c4noc(C(F)(F)F)n4)cc3OC[C@@H]2C)cc1. The van der Waals surface area contributed by atoms with E-state index in [4.69, 9.17) is 4.74 Å². The number of carbonyl (C=O) groups is 2. The summed E-state index contributed by atoms with van der Waals surface area (Å²) in [7, 11) is 1.49. The number of carbonyl (C=O) groups excluding carboxylic acids is 2. The van der Waals surface area contributed by atoms with Crippen molar-refractivity contribution >= 4 is 11.8 Å². The van der Waals surface area contributed by atoms with Crippen LogP contribution in [-0.4, -0.2) is 46.6 Å². The van der Waals surface area contributed by atoms with Crippen LogP contribution in [0.15, 0.2) is 40.9 Å². The van der Waals surface area contributed by atoms with E-state index >= 15 is 4.39 Å². The second kappa shape index (κ2) is 8.76. The quantitative estimate of drug-likeness (QED) is 0.577. The fourth-order valence-corrected chi connectivity index (χ4v) is 3.45. The predicted octanol–water partition coefficient (Wildman–Crippen LogP) is 3.68. The van der Waals surface area contributed by atoms with Crippen molar-refractivity contribution in [3.8, 4) is 17.1 Å². The molecule has 8 nitrogen and oxygen atoms in total. The fraction of sp³-hybridized carbons (Fsp3) is 0.273. The van der Waals surface area contributed by atoms with Crippen molar-refractivity contribution in [2.75, 3.05) is 13.7 Å². The molecule has 0 saturated heterocycles. The average molecular weight is 478 g/mol. The molecule has 12 heteroatoms. The van der Waals surface area contributed by atoms with Crippen molar-refractivity contribution in [1.82, 2.24) is 20.4 Å². The van der Waals surface area contributed by atoms with E-state index < -0.39 is 35.7 Å². The summed E-state index contributed by atoms with van der Waals surface area (Å²) in [4.78, 5) is 29.5. The van der Waals surface area contributed by atoms with Crippen LogP contribution in [0.4, 0.5) is 17.6 Å². The highest BCUT2D eigenvalue weighted by Gasteiger charge is 2.39. The maximum Gasteiger partial charge on any atom is 0.471 e. The summed E-state index contributed by atoms with van der Waals surface area (Å²) in [5.74, 6) is -3.43. The molecule has 1 aromatic heterocycles. The van der Waals surface area contributed by atoms with E-state index in [1.165, 1.54) is 42.3 Å². The zero-order valence-corrected chi connectivity index (χ0v) is 17.9. The molecule has 0 bridgehead atoms. The summed E-state index contributed by atoms with van der Waals surface area (Å²) >= 11 is 0. The highest BCUT2D eigenvalue weighted by Crippen LogP contribution is 2.34. The summed E-state index contributed by atoms with van der Waals surface area (Å²) in [6, 6.07) is 7.83. The zero-order chi connectivity index (χ0) is 24.6. The molecule has 1 atom stereocenters. The van der Waals surface area contributed by atoms with Gasteiger partial charge >= 0.3 is 12.1 Å². The largest absolute Gasteiger partial charge is 0.491 e. The number of ether oxygens (including phenoxy) is 1. The zero-order valence-electron chi connectivity index (χ0n) is 17.9. The minimum Gasteiger partial charge on any atom is -0.491 e. The Morgan fingerprint density at radius 2 is 1.82 bits per heavy atom. The van der Waals surface area contributed by atoms with Gasteiger partial charge in [-0.25, -0.2) is 4.39 Å². The Balaban J connectivity index is 1.62. The van der Waals surface area contributed by atoms with E-state index in [0.717, 1.165) is 6.07 Å². The van der Waals surface area contributed by atoms with Crippen molar-refractivity contribution in [1.29, 1.82) is 0 Å². The Morgan fingerprint density at radius 3 is 2.44 bits per heavy atom. The van der Waals surface area contributed by atoms with Gasteiger partial charge in [-0.15, -0.1) is 0 Å². The van der Waals surface area contributed by atoms with Crippen molar-refractivity contribution in [2.45, 2.75) is 25.7 Å². The number of nitrogens with one attached hydrogen (secondary N) is 1. The summed E-state index contributed by atoms with van der Waals surface area (Å²) in [6.07, 6.45) is -4.83. The molecule has 1 aliphatic heterocycles. The maximum absolute atomic E-state index is 15.0. The molecule has 0 fully saturated rings. The molecule has 178 valence electrons. The van der Waals surface area contributed by atoms with Gasteiger partial charge in [0.2, 0.25) is 5.82 Å². The first kappa shape index (κ1) is 23.2. The molecule has 2 amide bonds. The molecule has 2 heterocycles. The first-order valence-corrected chi connectivity index (χ1v) is 10.1. The lowest BCUT2D eigenvalue weighted by Gasteiger charge is -2.26. The third kappa shape index (κ3) is 4.43. The van der Waals surface area contributed by atoms with Gasteiger partial charge in [-0.05, 0) is 43.3 Å². The average Bonchev–Trinajstić information content (AvgIpc) is 3.26. The standard InChI is InChI=1S/C22H18F4N4O4/c1-11-10-33-17-8-14(18-28-21(34-29-18)22(24,25)26)7-16(23)15(17)9-30(11)20(32)13-5-3-12(4-6-13)19(31)27-2/h3-8,11H,9-10H2,1-2H3,(H,27,31)/t11-/m0/s1. The van der Waals surface area contributed by atoms with E-state index in [1.807, 2.05) is 0 Å². The predicted molar refractivity (Wildman–Crippen MR) is 109 cm³/mol. The van der Waals surface area contributed by atoms with Gasteiger partial charge in [0.1, 0.15) is 18.2 Å². The van der Waals surface area contributed by atoms with Crippen molar-refractivity contribution in [3.05, 3.63) is 64.8 Å². The van der Waals surface area contributed by atoms with E-state index in [9.17, 15) is 22.8 Å².